The van der Waals surface area contributed by atoms with Crippen molar-refractivity contribution in [2.75, 3.05) is 0 Å². The van der Waals surface area contributed by atoms with Gasteiger partial charge in [-0.15, -0.1) is 42.0 Å². The SMILES string of the molecule is Cc1nccc2nc(-c3[c-]ccc4c3oc3ccccc34)n(-c3c(C(C)C)cccc3C(C)C)c12.[2H]C([2H])([2H])c1c[c-]c(-c2ccc([Si](C)(C)C)cn2)c(F)c1.[Ir]. The van der Waals surface area contributed by atoms with Crippen LogP contribution in [0.15, 0.2) is 102 Å². The third-order valence-electron chi connectivity index (χ3n) is 9.65. The number of pyridine rings is 2. The van der Waals surface area contributed by atoms with E-state index in [1.165, 1.54) is 28.1 Å². The summed E-state index contributed by atoms with van der Waals surface area (Å²) < 4.78 is 44.6. The van der Waals surface area contributed by atoms with Gasteiger partial charge >= 0.3 is 0 Å². The average molecular weight is 912 g/mol. The van der Waals surface area contributed by atoms with E-state index < -0.39 is 20.7 Å². The van der Waals surface area contributed by atoms with E-state index in [9.17, 15) is 4.39 Å². The molecule has 8 heteroatoms. The fourth-order valence-corrected chi connectivity index (χ4v) is 7.88. The Labute approximate surface area is 336 Å². The number of fused-ring (bicyclic) bond motifs is 4. The summed E-state index contributed by atoms with van der Waals surface area (Å²) in [7, 11) is -1.45. The summed E-state index contributed by atoms with van der Waals surface area (Å²) in [6, 6.07) is 33.1. The maximum atomic E-state index is 14.1. The summed E-state index contributed by atoms with van der Waals surface area (Å²) in [6.45, 7) is 15.4. The van der Waals surface area contributed by atoms with E-state index in [-0.39, 0.29) is 31.2 Å². The second kappa shape index (κ2) is 15.5. The van der Waals surface area contributed by atoms with E-state index in [2.05, 4.69) is 111 Å². The Kier molecular flexibility index (Phi) is 10.1. The molecule has 8 rings (SSSR count). The first kappa shape index (κ1) is 35.0. The second-order valence-corrected chi connectivity index (χ2v) is 20.2. The molecule has 0 atom stereocenters. The van der Waals surface area contributed by atoms with Crippen LogP contribution in [0, 0.1) is 31.7 Å². The van der Waals surface area contributed by atoms with Crippen molar-refractivity contribution in [2.45, 2.75) is 72.9 Å². The van der Waals surface area contributed by atoms with E-state index in [1.807, 2.05) is 42.6 Å². The van der Waals surface area contributed by atoms with Crippen molar-refractivity contribution in [3.05, 3.63) is 138 Å². The van der Waals surface area contributed by atoms with Crippen LogP contribution >= 0.6 is 0 Å². The number of aromatic nitrogens is 4. The van der Waals surface area contributed by atoms with Gasteiger partial charge in [-0.3, -0.25) is 14.4 Å². The number of nitrogens with zero attached hydrogens (tertiary/aromatic N) is 4. The van der Waals surface area contributed by atoms with Gasteiger partial charge in [0.15, 0.2) is 0 Å². The minimum atomic E-state index is -2.33. The first-order valence-corrected chi connectivity index (χ1v) is 21.5. The number of hydrogen-bond donors (Lipinski definition) is 0. The predicted octanol–water partition coefficient (Wildman–Crippen LogP) is 11.9. The summed E-state index contributed by atoms with van der Waals surface area (Å²) in [5, 5.41) is 3.36. The molecule has 4 heterocycles. The number of aryl methyl sites for hydroxylation is 2. The summed E-state index contributed by atoms with van der Waals surface area (Å²) in [5.41, 5.74) is 9.81. The molecule has 0 bridgehead atoms. The molecule has 5 nitrogen and oxygen atoms in total. The van der Waals surface area contributed by atoms with Crippen LogP contribution in [-0.4, -0.2) is 27.6 Å². The Morgan fingerprint density at radius 1 is 0.852 bits per heavy atom. The van der Waals surface area contributed by atoms with Gasteiger partial charge in [0.2, 0.25) is 0 Å². The molecule has 4 aromatic carbocycles. The van der Waals surface area contributed by atoms with Crippen LogP contribution < -0.4 is 5.19 Å². The zero-order valence-electron chi connectivity index (χ0n) is 34.8. The summed E-state index contributed by atoms with van der Waals surface area (Å²) in [6.07, 6.45) is 3.61. The Morgan fingerprint density at radius 3 is 2.24 bits per heavy atom. The van der Waals surface area contributed by atoms with Crippen LogP contribution in [0.5, 0.6) is 0 Å². The largest absolute Gasteiger partial charge is 0.501 e. The standard InChI is InChI=1S/C31H28N3O.C15H17FNSi.Ir/c1-18(2)21-11-8-12-22(19(3)4)29(21)34-28-20(5)32-17-16-26(28)33-31(34)25-14-9-13-24-23-10-6-7-15-27(23)35-30(24)25;1-11-5-7-13(14(16)9-11)15-8-6-12(10-17-15)18(2,3)4;/h6-13,15-19H,1-5H3;5-6,8-10H,1-4H3;/q2*-1;/i;1D3;. The van der Waals surface area contributed by atoms with Gasteiger partial charge < -0.3 is 14.0 Å². The fraction of sp³-hybridized carbons (Fsp3) is 0.239. The topological polar surface area (TPSA) is 56.7 Å². The summed E-state index contributed by atoms with van der Waals surface area (Å²) in [4.78, 5) is 14.1. The molecule has 277 valence electrons. The minimum Gasteiger partial charge on any atom is -0.501 e. The normalized spacial score (nSPS) is 12.8. The molecule has 54 heavy (non-hydrogen) atoms. The van der Waals surface area contributed by atoms with Gasteiger partial charge in [0.05, 0.1) is 36.2 Å². The second-order valence-electron chi connectivity index (χ2n) is 15.1. The van der Waals surface area contributed by atoms with Crippen molar-refractivity contribution in [3.63, 3.8) is 0 Å². The summed E-state index contributed by atoms with van der Waals surface area (Å²) in [5.74, 6) is 0.904. The predicted molar refractivity (Wildman–Crippen MR) is 220 cm³/mol. The third kappa shape index (κ3) is 7.35. The van der Waals surface area contributed by atoms with Crippen molar-refractivity contribution in [1.29, 1.82) is 0 Å². The van der Waals surface area contributed by atoms with Crippen molar-refractivity contribution in [2.24, 2.45) is 0 Å². The van der Waals surface area contributed by atoms with Gasteiger partial charge in [-0.2, -0.15) is 0 Å². The van der Waals surface area contributed by atoms with Crippen LogP contribution in [-0.2, 0) is 20.1 Å². The van der Waals surface area contributed by atoms with Crippen molar-refractivity contribution in [1.82, 2.24) is 19.5 Å². The van der Waals surface area contributed by atoms with E-state index >= 15 is 0 Å². The zero-order chi connectivity index (χ0) is 40.1. The number of hydrogen-bond acceptors (Lipinski definition) is 4. The molecule has 0 spiro atoms. The molecule has 4 aromatic heterocycles. The molecule has 0 amide bonds. The van der Waals surface area contributed by atoms with Crippen molar-refractivity contribution < 1.29 is 33.0 Å². The van der Waals surface area contributed by atoms with Gasteiger partial charge in [-0.25, -0.2) is 0 Å². The molecule has 0 unspecified atom stereocenters. The molecule has 0 aliphatic rings. The fourth-order valence-electron chi connectivity index (χ4n) is 6.84. The number of furan rings is 1. The Bertz CT molecular complexity index is 2690. The first-order valence-electron chi connectivity index (χ1n) is 19.5. The van der Waals surface area contributed by atoms with Crippen LogP contribution in [0.2, 0.25) is 19.6 Å². The molecule has 0 aliphatic heterocycles. The summed E-state index contributed by atoms with van der Waals surface area (Å²) >= 11 is 0. The van der Waals surface area contributed by atoms with Gasteiger partial charge in [-0.05, 0) is 52.9 Å². The van der Waals surface area contributed by atoms with Crippen molar-refractivity contribution in [3.8, 4) is 28.3 Å². The maximum Gasteiger partial charge on any atom is 0.120 e. The molecule has 1 radical (unpaired) electrons. The average Bonchev–Trinajstić information content (AvgIpc) is 3.74. The van der Waals surface area contributed by atoms with E-state index in [0.717, 1.165) is 56.1 Å². The molecule has 0 fully saturated rings. The van der Waals surface area contributed by atoms with E-state index in [1.54, 1.807) is 12.3 Å². The molecule has 0 aliphatic carbocycles. The minimum absolute atomic E-state index is 0. The monoisotopic (exact) mass is 912 g/mol. The Balaban J connectivity index is 0.000000215. The Hall–Kier alpha value is -4.75. The Morgan fingerprint density at radius 2 is 1.59 bits per heavy atom. The zero-order valence-corrected chi connectivity index (χ0v) is 35.2. The molecular formula is C46H45FIrN4OSi-2. The molecule has 0 saturated heterocycles. The quantitative estimate of drug-likeness (QED) is 0.123. The van der Waals surface area contributed by atoms with Crippen LogP contribution in [0.25, 0.3) is 61.3 Å². The maximum absolute atomic E-state index is 14.1. The van der Waals surface area contributed by atoms with Crippen LogP contribution in [0.3, 0.4) is 0 Å². The number of para-hydroxylation sites is 2. The van der Waals surface area contributed by atoms with Crippen molar-refractivity contribution >= 4 is 46.2 Å². The molecule has 0 saturated carbocycles. The number of imidazole rings is 1. The van der Waals surface area contributed by atoms with Crippen LogP contribution in [0.1, 0.15) is 66.0 Å². The molecule has 8 aromatic rings. The van der Waals surface area contributed by atoms with Gasteiger partial charge in [0, 0.05) is 53.5 Å². The number of halogens is 1. The van der Waals surface area contributed by atoms with Gasteiger partial charge in [-0.1, -0.05) is 119 Å². The number of rotatable bonds is 6. The van der Waals surface area contributed by atoms with E-state index in [4.69, 9.17) is 13.5 Å². The first-order chi connectivity index (χ1) is 26.5. The smallest absolute Gasteiger partial charge is 0.120 e. The van der Waals surface area contributed by atoms with Gasteiger partial charge in [0.1, 0.15) is 5.58 Å². The molecular weight excluding hydrogens is 864 g/mol. The number of benzene rings is 4. The molecule has 0 N–H and O–H groups in total. The van der Waals surface area contributed by atoms with Crippen LogP contribution in [0.4, 0.5) is 4.39 Å². The third-order valence-corrected chi connectivity index (χ3v) is 11.7. The van der Waals surface area contributed by atoms with E-state index in [0.29, 0.717) is 17.5 Å². The van der Waals surface area contributed by atoms with Gasteiger partial charge in [0.25, 0.3) is 0 Å².